The largest absolute Gasteiger partial charge is 0.486 e. The zero-order chi connectivity index (χ0) is 15.2. The van der Waals surface area contributed by atoms with Gasteiger partial charge in [-0.05, 0) is 29.8 Å². The van der Waals surface area contributed by atoms with Crippen LogP contribution in [-0.4, -0.2) is 30.3 Å². The van der Waals surface area contributed by atoms with E-state index in [4.69, 9.17) is 9.47 Å². The molecule has 1 atom stereocenters. The quantitative estimate of drug-likeness (QED) is 0.901. The Morgan fingerprint density at radius 1 is 1.14 bits per heavy atom. The van der Waals surface area contributed by atoms with E-state index in [1.165, 1.54) is 0 Å². The SMILES string of the molecule is O=C(NCc1ccncc1)NCC1COc2ccccc2O1. The molecule has 2 aromatic rings. The van der Waals surface area contributed by atoms with Crippen LogP contribution in [0.1, 0.15) is 5.56 Å². The summed E-state index contributed by atoms with van der Waals surface area (Å²) in [6.45, 7) is 1.26. The van der Waals surface area contributed by atoms with E-state index >= 15 is 0 Å². The molecule has 1 unspecified atom stereocenters. The van der Waals surface area contributed by atoms with E-state index in [0.717, 1.165) is 11.3 Å². The standard InChI is InChI=1S/C16H17N3O3/c20-16(18-9-12-5-7-17-8-6-12)19-10-13-11-21-14-3-1-2-4-15(14)22-13/h1-8,13H,9-11H2,(H2,18,19,20). The topological polar surface area (TPSA) is 72.5 Å². The second kappa shape index (κ2) is 6.80. The number of hydrogen-bond acceptors (Lipinski definition) is 4. The highest BCUT2D eigenvalue weighted by molar-refractivity contribution is 5.73. The molecule has 114 valence electrons. The summed E-state index contributed by atoms with van der Waals surface area (Å²) in [5.41, 5.74) is 0.997. The first-order valence-corrected chi connectivity index (χ1v) is 7.10. The zero-order valence-electron chi connectivity index (χ0n) is 12.0. The third kappa shape index (κ3) is 3.66. The molecule has 22 heavy (non-hydrogen) atoms. The number of nitrogens with zero attached hydrogens (tertiary/aromatic N) is 1. The van der Waals surface area contributed by atoms with Crippen LogP contribution in [0.15, 0.2) is 48.8 Å². The lowest BCUT2D eigenvalue weighted by Crippen LogP contribution is -2.44. The van der Waals surface area contributed by atoms with E-state index in [1.54, 1.807) is 12.4 Å². The van der Waals surface area contributed by atoms with Gasteiger partial charge in [0.2, 0.25) is 0 Å². The number of carbonyl (C=O) groups excluding carboxylic acids is 1. The fraction of sp³-hybridized carbons (Fsp3) is 0.250. The summed E-state index contributed by atoms with van der Waals surface area (Å²) in [4.78, 5) is 15.7. The summed E-state index contributed by atoms with van der Waals surface area (Å²) in [5.74, 6) is 1.44. The van der Waals surface area contributed by atoms with Crippen LogP contribution >= 0.6 is 0 Å². The lowest BCUT2D eigenvalue weighted by atomic mass is 10.2. The fourth-order valence-corrected chi connectivity index (χ4v) is 2.12. The van der Waals surface area contributed by atoms with Crippen molar-refractivity contribution in [3.63, 3.8) is 0 Å². The molecule has 1 aromatic carbocycles. The summed E-state index contributed by atoms with van der Waals surface area (Å²) >= 11 is 0. The van der Waals surface area contributed by atoms with Gasteiger partial charge in [0.1, 0.15) is 6.61 Å². The molecular weight excluding hydrogens is 282 g/mol. The average Bonchev–Trinajstić information content (AvgIpc) is 2.59. The molecule has 0 aliphatic carbocycles. The molecule has 1 aromatic heterocycles. The van der Waals surface area contributed by atoms with Crippen LogP contribution in [0.25, 0.3) is 0 Å². The van der Waals surface area contributed by atoms with Crippen molar-refractivity contribution in [3.05, 3.63) is 54.4 Å². The first-order chi connectivity index (χ1) is 10.8. The molecule has 0 fully saturated rings. The Morgan fingerprint density at radius 2 is 1.91 bits per heavy atom. The van der Waals surface area contributed by atoms with Gasteiger partial charge in [0, 0.05) is 18.9 Å². The predicted molar refractivity (Wildman–Crippen MR) is 80.8 cm³/mol. The Hall–Kier alpha value is -2.76. The summed E-state index contributed by atoms with van der Waals surface area (Å²) in [5, 5.41) is 5.57. The summed E-state index contributed by atoms with van der Waals surface area (Å²) < 4.78 is 11.4. The Balaban J connectivity index is 1.42. The van der Waals surface area contributed by atoms with Gasteiger partial charge in [-0.2, -0.15) is 0 Å². The van der Waals surface area contributed by atoms with Crippen molar-refractivity contribution in [1.82, 2.24) is 15.6 Å². The van der Waals surface area contributed by atoms with E-state index < -0.39 is 0 Å². The highest BCUT2D eigenvalue weighted by Gasteiger charge is 2.20. The number of fused-ring (bicyclic) bond motifs is 1. The van der Waals surface area contributed by atoms with E-state index in [9.17, 15) is 4.79 Å². The van der Waals surface area contributed by atoms with Gasteiger partial charge in [0.05, 0.1) is 6.54 Å². The number of rotatable bonds is 4. The van der Waals surface area contributed by atoms with Gasteiger partial charge in [0.25, 0.3) is 0 Å². The smallest absolute Gasteiger partial charge is 0.315 e. The average molecular weight is 299 g/mol. The van der Waals surface area contributed by atoms with E-state index in [-0.39, 0.29) is 12.1 Å². The fourth-order valence-electron chi connectivity index (χ4n) is 2.12. The predicted octanol–water partition coefficient (Wildman–Crippen LogP) is 1.72. The maximum absolute atomic E-state index is 11.8. The summed E-state index contributed by atoms with van der Waals surface area (Å²) in [6, 6.07) is 11.0. The van der Waals surface area contributed by atoms with Gasteiger partial charge in [0.15, 0.2) is 17.6 Å². The molecule has 1 aliphatic heterocycles. The van der Waals surface area contributed by atoms with Crippen molar-refractivity contribution in [2.75, 3.05) is 13.2 Å². The second-order valence-electron chi connectivity index (χ2n) is 4.92. The van der Waals surface area contributed by atoms with Crippen molar-refractivity contribution in [1.29, 1.82) is 0 Å². The number of urea groups is 1. The highest BCUT2D eigenvalue weighted by atomic mass is 16.6. The Labute approximate surface area is 128 Å². The van der Waals surface area contributed by atoms with Gasteiger partial charge < -0.3 is 20.1 Å². The van der Waals surface area contributed by atoms with Crippen LogP contribution in [0.5, 0.6) is 11.5 Å². The maximum Gasteiger partial charge on any atom is 0.315 e. The van der Waals surface area contributed by atoms with Crippen LogP contribution in [0.4, 0.5) is 4.79 Å². The number of hydrogen-bond donors (Lipinski definition) is 2. The molecule has 6 nitrogen and oxygen atoms in total. The number of nitrogens with one attached hydrogen (secondary N) is 2. The van der Waals surface area contributed by atoms with Crippen LogP contribution in [0.2, 0.25) is 0 Å². The third-order valence-corrected chi connectivity index (χ3v) is 3.26. The minimum Gasteiger partial charge on any atom is -0.486 e. The first-order valence-electron chi connectivity index (χ1n) is 7.10. The molecule has 6 heteroatoms. The Bertz CT molecular complexity index is 634. The van der Waals surface area contributed by atoms with E-state index in [2.05, 4.69) is 15.6 Å². The number of benzene rings is 1. The Morgan fingerprint density at radius 3 is 2.73 bits per heavy atom. The molecule has 3 rings (SSSR count). The minimum absolute atomic E-state index is 0.193. The molecule has 2 heterocycles. The van der Waals surface area contributed by atoms with Gasteiger partial charge >= 0.3 is 6.03 Å². The second-order valence-corrected chi connectivity index (χ2v) is 4.92. The molecule has 0 saturated carbocycles. The Kier molecular flexibility index (Phi) is 4.38. The van der Waals surface area contributed by atoms with E-state index in [1.807, 2.05) is 36.4 Å². The highest BCUT2D eigenvalue weighted by Crippen LogP contribution is 2.30. The maximum atomic E-state index is 11.8. The molecule has 2 N–H and O–H groups in total. The monoisotopic (exact) mass is 299 g/mol. The number of pyridine rings is 1. The van der Waals surface area contributed by atoms with Gasteiger partial charge in [-0.15, -0.1) is 0 Å². The zero-order valence-corrected chi connectivity index (χ0v) is 12.0. The van der Waals surface area contributed by atoms with E-state index in [0.29, 0.717) is 25.4 Å². The van der Waals surface area contributed by atoms with Crippen molar-refractivity contribution >= 4 is 6.03 Å². The number of ether oxygens (including phenoxy) is 2. The van der Waals surface area contributed by atoms with Gasteiger partial charge in [-0.25, -0.2) is 4.79 Å². The van der Waals surface area contributed by atoms with Gasteiger partial charge in [-0.1, -0.05) is 12.1 Å². The van der Waals surface area contributed by atoms with Gasteiger partial charge in [-0.3, -0.25) is 4.98 Å². The van der Waals surface area contributed by atoms with Crippen molar-refractivity contribution < 1.29 is 14.3 Å². The van der Waals surface area contributed by atoms with Crippen LogP contribution in [0, 0.1) is 0 Å². The molecule has 0 spiro atoms. The third-order valence-electron chi connectivity index (χ3n) is 3.26. The lowest BCUT2D eigenvalue weighted by Gasteiger charge is -2.26. The number of para-hydroxylation sites is 2. The van der Waals surface area contributed by atoms with Crippen molar-refractivity contribution in [2.45, 2.75) is 12.6 Å². The van der Waals surface area contributed by atoms with Crippen LogP contribution in [0.3, 0.4) is 0 Å². The summed E-state index contributed by atoms with van der Waals surface area (Å²) in [7, 11) is 0. The van der Waals surface area contributed by atoms with Crippen LogP contribution in [-0.2, 0) is 6.54 Å². The molecule has 0 radical (unpaired) electrons. The van der Waals surface area contributed by atoms with Crippen molar-refractivity contribution in [3.8, 4) is 11.5 Å². The molecule has 1 aliphatic rings. The van der Waals surface area contributed by atoms with Crippen molar-refractivity contribution in [2.24, 2.45) is 0 Å². The number of aromatic nitrogens is 1. The number of carbonyl (C=O) groups is 1. The molecule has 0 bridgehead atoms. The molecule has 0 saturated heterocycles. The first kappa shape index (κ1) is 14.2. The minimum atomic E-state index is -0.237. The molecular formula is C16H17N3O3. The normalized spacial score (nSPS) is 15.9. The summed E-state index contributed by atoms with van der Waals surface area (Å²) in [6.07, 6.45) is 3.20. The number of amides is 2. The lowest BCUT2D eigenvalue weighted by molar-refractivity contribution is 0.0918. The van der Waals surface area contributed by atoms with Crippen LogP contribution < -0.4 is 20.1 Å². The molecule has 2 amide bonds.